The lowest BCUT2D eigenvalue weighted by atomic mass is 9.90. The third kappa shape index (κ3) is 4.47. The van der Waals surface area contributed by atoms with Crippen LogP contribution in [-0.4, -0.2) is 26.8 Å². The number of carbonyl (C=O) groups is 1. The third-order valence-corrected chi connectivity index (χ3v) is 7.88. The zero-order chi connectivity index (χ0) is 21.9. The number of rotatable bonds is 7. The summed E-state index contributed by atoms with van der Waals surface area (Å²) in [5.41, 5.74) is 0.186. The van der Waals surface area contributed by atoms with Crippen molar-refractivity contribution >= 4 is 39.2 Å². The molecule has 0 bridgehead atoms. The van der Waals surface area contributed by atoms with Crippen molar-refractivity contribution in [2.45, 2.75) is 70.1 Å². The van der Waals surface area contributed by atoms with Gasteiger partial charge in [-0.15, -0.1) is 17.9 Å². The van der Waals surface area contributed by atoms with Crippen LogP contribution in [0.2, 0.25) is 0 Å². The molecule has 0 saturated heterocycles. The van der Waals surface area contributed by atoms with E-state index in [4.69, 9.17) is 4.98 Å². The van der Waals surface area contributed by atoms with E-state index in [-0.39, 0.29) is 23.1 Å². The van der Waals surface area contributed by atoms with Crippen molar-refractivity contribution in [3.05, 3.63) is 33.4 Å². The van der Waals surface area contributed by atoms with Gasteiger partial charge in [-0.2, -0.15) is 5.26 Å². The maximum Gasteiger partial charge on any atom is 0.263 e. The molecule has 2 aromatic heterocycles. The fraction of sp³-hybridized carbons (Fsp3) is 0.545. The van der Waals surface area contributed by atoms with Crippen LogP contribution in [0.3, 0.4) is 0 Å². The van der Waals surface area contributed by atoms with Gasteiger partial charge >= 0.3 is 0 Å². The molecule has 8 heteroatoms. The first-order valence-electron chi connectivity index (χ1n) is 10.3. The van der Waals surface area contributed by atoms with Crippen LogP contribution in [0.25, 0.3) is 10.2 Å². The summed E-state index contributed by atoms with van der Waals surface area (Å²) in [7, 11) is 0. The van der Waals surface area contributed by atoms with Gasteiger partial charge in [0, 0.05) is 11.4 Å². The van der Waals surface area contributed by atoms with E-state index in [1.165, 1.54) is 28.6 Å². The summed E-state index contributed by atoms with van der Waals surface area (Å²) in [4.78, 5) is 32.6. The molecule has 30 heavy (non-hydrogen) atoms. The summed E-state index contributed by atoms with van der Waals surface area (Å²) in [5.74, 6) is -0.185. The molecule has 2 heterocycles. The Kier molecular flexibility index (Phi) is 7.04. The second kappa shape index (κ2) is 9.36. The van der Waals surface area contributed by atoms with Crippen LogP contribution in [0.1, 0.15) is 50.5 Å². The number of nitrogens with one attached hydrogen (secondary N) is 1. The lowest BCUT2D eigenvalue weighted by molar-refractivity contribution is -0.120. The maximum atomic E-state index is 13.3. The van der Waals surface area contributed by atoms with Gasteiger partial charge in [0.15, 0.2) is 5.16 Å². The smallest absolute Gasteiger partial charge is 0.263 e. The number of thiophene rings is 1. The van der Waals surface area contributed by atoms with Crippen LogP contribution in [0, 0.1) is 17.2 Å². The average molecular weight is 445 g/mol. The van der Waals surface area contributed by atoms with Gasteiger partial charge in [0.05, 0.1) is 17.2 Å². The molecule has 2 aromatic rings. The Morgan fingerprint density at radius 3 is 2.83 bits per heavy atom. The van der Waals surface area contributed by atoms with Crippen LogP contribution in [0.15, 0.2) is 22.6 Å². The number of thioether (sulfide) groups is 1. The Labute approximate surface area is 185 Å². The highest BCUT2D eigenvalue weighted by Gasteiger charge is 2.30. The zero-order valence-electron chi connectivity index (χ0n) is 17.8. The SMILES string of the molecule is C=CCn1c(SCC(=O)NC(C)(C#N)C(C)C)nc2sc3c(c2c1=O)CCCCC3. The van der Waals surface area contributed by atoms with Gasteiger partial charge < -0.3 is 5.32 Å². The summed E-state index contributed by atoms with van der Waals surface area (Å²) < 4.78 is 1.61. The predicted octanol–water partition coefficient (Wildman–Crippen LogP) is 4.06. The molecule has 1 aliphatic carbocycles. The topological polar surface area (TPSA) is 87.8 Å². The number of aromatic nitrogens is 2. The molecule has 0 aromatic carbocycles. The van der Waals surface area contributed by atoms with Gasteiger partial charge in [0.2, 0.25) is 5.91 Å². The molecule has 0 saturated carbocycles. The first kappa shape index (κ1) is 22.6. The number of amides is 1. The second-order valence-electron chi connectivity index (χ2n) is 8.15. The Hall–Kier alpha value is -2.11. The summed E-state index contributed by atoms with van der Waals surface area (Å²) in [5, 5.41) is 13.5. The van der Waals surface area contributed by atoms with Crippen LogP contribution in [0.5, 0.6) is 0 Å². The number of carbonyl (C=O) groups excluding carboxylic acids is 1. The van der Waals surface area contributed by atoms with Crippen molar-refractivity contribution in [2.75, 3.05) is 5.75 Å². The second-order valence-corrected chi connectivity index (χ2v) is 10.2. The van der Waals surface area contributed by atoms with Gasteiger partial charge in [-0.25, -0.2) is 4.98 Å². The van der Waals surface area contributed by atoms with E-state index in [1.54, 1.807) is 28.9 Å². The molecule has 3 rings (SSSR count). The van der Waals surface area contributed by atoms with Gasteiger partial charge in [-0.1, -0.05) is 38.1 Å². The number of fused-ring (bicyclic) bond motifs is 3. The molecule has 6 nitrogen and oxygen atoms in total. The number of hydrogen-bond donors (Lipinski definition) is 1. The molecule has 160 valence electrons. The van der Waals surface area contributed by atoms with E-state index >= 15 is 0 Å². The Balaban J connectivity index is 1.91. The fourth-order valence-corrected chi connectivity index (χ4v) is 5.67. The number of nitriles is 1. The minimum Gasteiger partial charge on any atom is -0.337 e. The van der Waals surface area contributed by atoms with Crippen LogP contribution < -0.4 is 10.9 Å². The van der Waals surface area contributed by atoms with Crippen molar-refractivity contribution in [1.29, 1.82) is 5.26 Å². The first-order valence-corrected chi connectivity index (χ1v) is 12.1. The molecular formula is C22H28N4O2S2. The van der Waals surface area contributed by atoms with Gasteiger partial charge in [0.25, 0.3) is 5.56 Å². The number of aryl methyl sites for hydroxylation is 2. The first-order chi connectivity index (χ1) is 14.3. The van der Waals surface area contributed by atoms with Crippen molar-refractivity contribution in [1.82, 2.24) is 14.9 Å². The highest BCUT2D eigenvalue weighted by molar-refractivity contribution is 7.99. The maximum absolute atomic E-state index is 13.3. The Bertz CT molecular complexity index is 1060. The summed E-state index contributed by atoms with van der Waals surface area (Å²) in [6.45, 7) is 9.63. The molecule has 0 radical (unpaired) electrons. The monoisotopic (exact) mass is 444 g/mol. The van der Waals surface area contributed by atoms with Gasteiger partial charge in [-0.3, -0.25) is 14.2 Å². The third-order valence-electron chi connectivity index (χ3n) is 5.72. The molecule has 1 atom stereocenters. The number of hydrogen-bond acceptors (Lipinski definition) is 6. The predicted molar refractivity (Wildman–Crippen MR) is 123 cm³/mol. The van der Waals surface area contributed by atoms with Crippen molar-refractivity contribution in [2.24, 2.45) is 5.92 Å². The Morgan fingerprint density at radius 2 is 2.17 bits per heavy atom. The normalized spacial score (nSPS) is 15.8. The standard InChI is InChI=1S/C22H28N4O2S2/c1-5-11-26-20(28)18-15-9-7-6-8-10-16(15)30-19(18)24-21(26)29-12-17(27)25-22(4,13-23)14(2)3/h5,14H,1,6-12H2,2-4H3,(H,25,27). The quantitative estimate of drug-likeness (QED) is 0.301. The number of allylic oxidation sites excluding steroid dienone is 1. The summed E-state index contributed by atoms with van der Waals surface area (Å²) in [6, 6.07) is 2.18. The van der Waals surface area contributed by atoms with Crippen molar-refractivity contribution < 1.29 is 4.79 Å². The lowest BCUT2D eigenvalue weighted by Crippen LogP contribution is -2.49. The lowest BCUT2D eigenvalue weighted by Gasteiger charge is -2.27. The van der Waals surface area contributed by atoms with E-state index in [9.17, 15) is 14.9 Å². The van der Waals surface area contributed by atoms with E-state index in [1.807, 2.05) is 13.8 Å². The largest absolute Gasteiger partial charge is 0.337 e. The molecule has 1 aliphatic rings. The summed E-state index contributed by atoms with van der Waals surface area (Å²) >= 11 is 2.84. The van der Waals surface area contributed by atoms with E-state index in [0.717, 1.165) is 35.9 Å². The van der Waals surface area contributed by atoms with E-state index in [2.05, 4.69) is 18.0 Å². The molecule has 0 fully saturated rings. The number of nitrogens with zero attached hydrogens (tertiary/aromatic N) is 3. The van der Waals surface area contributed by atoms with Crippen LogP contribution in [0.4, 0.5) is 0 Å². The van der Waals surface area contributed by atoms with E-state index in [0.29, 0.717) is 11.7 Å². The molecule has 1 amide bonds. The fourth-order valence-electron chi connectivity index (χ4n) is 3.55. The highest BCUT2D eigenvalue weighted by atomic mass is 32.2. The van der Waals surface area contributed by atoms with Gasteiger partial charge in [-0.05, 0) is 44.1 Å². The molecule has 0 spiro atoms. The molecule has 0 aliphatic heterocycles. The Morgan fingerprint density at radius 1 is 1.43 bits per heavy atom. The van der Waals surface area contributed by atoms with Crippen molar-refractivity contribution in [3.63, 3.8) is 0 Å². The molecule has 1 N–H and O–H groups in total. The van der Waals surface area contributed by atoms with Crippen LogP contribution >= 0.6 is 23.1 Å². The minimum absolute atomic E-state index is 0.0219. The zero-order valence-corrected chi connectivity index (χ0v) is 19.4. The average Bonchev–Trinajstić information content (AvgIpc) is 2.89. The van der Waals surface area contributed by atoms with E-state index < -0.39 is 5.54 Å². The minimum atomic E-state index is -0.929. The van der Waals surface area contributed by atoms with Gasteiger partial charge in [0.1, 0.15) is 10.4 Å². The molecule has 1 unspecified atom stereocenters. The van der Waals surface area contributed by atoms with Crippen molar-refractivity contribution in [3.8, 4) is 6.07 Å². The van der Waals surface area contributed by atoms with Crippen LogP contribution in [-0.2, 0) is 24.2 Å². The summed E-state index contributed by atoms with van der Waals surface area (Å²) in [6.07, 6.45) is 7.05. The molecular weight excluding hydrogens is 416 g/mol. The highest BCUT2D eigenvalue weighted by Crippen LogP contribution is 2.34.